The van der Waals surface area contributed by atoms with Gasteiger partial charge in [-0.15, -0.1) is 0 Å². The van der Waals surface area contributed by atoms with E-state index in [0.717, 1.165) is 11.1 Å². The van der Waals surface area contributed by atoms with Crippen LogP contribution in [0.4, 0.5) is 5.69 Å². The van der Waals surface area contributed by atoms with E-state index in [1.807, 2.05) is 95.9 Å². The fourth-order valence-electron chi connectivity index (χ4n) is 7.71. The number of carbonyl (C=O) groups is 3. The fraction of sp³-hybridized carbons (Fsp3) is 0.237. The lowest BCUT2D eigenvalue weighted by Crippen LogP contribution is -2.52. The van der Waals surface area contributed by atoms with Crippen LogP contribution in [0.5, 0.6) is 5.75 Å². The second-order valence-corrected chi connectivity index (χ2v) is 11.8. The number of nitrogens with zero attached hydrogens (tertiary/aromatic N) is 1. The fourth-order valence-corrected chi connectivity index (χ4v) is 7.71. The molecule has 1 spiro atoms. The number of esters is 2. The molecule has 2 fully saturated rings. The largest absolute Gasteiger partial charge is 0.491 e. The number of morpholine rings is 1. The number of amides is 1. The lowest BCUT2D eigenvalue weighted by molar-refractivity contribution is -0.180. The minimum absolute atomic E-state index is 0.00451. The second kappa shape index (κ2) is 12.5. The van der Waals surface area contributed by atoms with Crippen molar-refractivity contribution in [2.75, 3.05) is 25.1 Å². The molecule has 0 aromatic heterocycles. The number of carbonyl (C=O) groups excluding carboxylic acids is 3. The Labute approximate surface area is 272 Å². The van der Waals surface area contributed by atoms with E-state index in [1.54, 1.807) is 18.2 Å². The molecule has 238 valence electrons. The third-order valence-corrected chi connectivity index (χ3v) is 9.38. The molecule has 1 amide bonds. The minimum Gasteiger partial charge on any atom is -0.491 e. The Morgan fingerprint density at radius 1 is 0.894 bits per heavy atom. The number of hydrogen-bond donors (Lipinski definition) is 2. The van der Waals surface area contributed by atoms with Crippen molar-refractivity contribution in [3.63, 3.8) is 0 Å². The average Bonchev–Trinajstić information content (AvgIpc) is 3.59. The molecule has 47 heavy (non-hydrogen) atoms. The van der Waals surface area contributed by atoms with Crippen molar-refractivity contribution < 1.29 is 33.7 Å². The summed E-state index contributed by atoms with van der Waals surface area (Å²) >= 11 is 0. The molecule has 0 radical (unpaired) electrons. The Morgan fingerprint density at radius 2 is 1.55 bits per heavy atom. The number of ether oxygens (including phenoxy) is 3. The normalized spacial score (nSPS) is 26.2. The van der Waals surface area contributed by atoms with E-state index in [9.17, 15) is 19.5 Å². The van der Waals surface area contributed by atoms with Crippen LogP contribution in [0, 0.1) is 5.92 Å². The van der Waals surface area contributed by atoms with Crippen LogP contribution in [-0.2, 0) is 29.3 Å². The molecule has 0 unspecified atom stereocenters. The number of anilines is 1. The molecule has 0 bridgehead atoms. The van der Waals surface area contributed by atoms with Crippen LogP contribution in [0.3, 0.4) is 0 Å². The third kappa shape index (κ3) is 4.81. The van der Waals surface area contributed by atoms with Gasteiger partial charge in [0.25, 0.3) is 0 Å². The van der Waals surface area contributed by atoms with Gasteiger partial charge in [0.15, 0.2) is 0 Å². The maximum atomic E-state index is 14.8. The van der Waals surface area contributed by atoms with Gasteiger partial charge >= 0.3 is 11.9 Å². The highest BCUT2D eigenvalue weighted by Gasteiger charge is 2.74. The summed E-state index contributed by atoms with van der Waals surface area (Å²) in [6, 6.07) is 30.8. The van der Waals surface area contributed by atoms with Gasteiger partial charge < -0.3 is 24.6 Å². The van der Waals surface area contributed by atoms with Crippen LogP contribution in [0.1, 0.15) is 40.4 Å². The van der Waals surface area contributed by atoms with E-state index in [2.05, 4.69) is 11.9 Å². The standard InChI is InChI=1S/C38H34N2O7/c1-2-22-46-35(42)30-32-36(43)47-33(25-15-7-4-8-16-25)31(24-13-5-3-6-14-24)40(32)34(26-17-9-12-20-29(26)45-23-21-41)38(30)27-18-10-11-19-28(27)39-37(38)44/h2-20,30-34,41H,1,21-23H2,(H,39,44)/t30-,31-,32-,33+,34+,38-/m1/s1. The van der Waals surface area contributed by atoms with Crippen LogP contribution in [0.25, 0.3) is 0 Å². The molecule has 6 atom stereocenters. The summed E-state index contributed by atoms with van der Waals surface area (Å²) in [5.41, 5.74) is 1.65. The highest BCUT2D eigenvalue weighted by molar-refractivity contribution is 6.11. The first-order chi connectivity index (χ1) is 23.0. The second-order valence-electron chi connectivity index (χ2n) is 11.8. The first-order valence-electron chi connectivity index (χ1n) is 15.6. The van der Waals surface area contributed by atoms with Crippen LogP contribution in [-0.4, -0.2) is 53.7 Å². The summed E-state index contributed by atoms with van der Waals surface area (Å²) in [7, 11) is 0. The van der Waals surface area contributed by atoms with Crippen molar-refractivity contribution in [3.05, 3.63) is 144 Å². The van der Waals surface area contributed by atoms with Crippen LogP contribution < -0.4 is 10.1 Å². The molecule has 0 aliphatic carbocycles. The Hall–Kier alpha value is -5.25. The molecular formula is C38H34N2O7. The first-order valence-corrected chi connectivity index (χ1v) is 15.6. The summed E-state index contributed by atoms with van der Waals surface area (Å²) in [6.45, 7) is 3.37. The minimum atomic E-state index is -1.64. The van der Waals surface area contributed by atoms with Crippen LogP contribution in [0.2, 0.25) is 0 Å². The topological polar surface area (TPSA) is 114 Å². The van der Waals surface area contributed by atoms with Crippen molar-refractivity contribution in [1.82, 2.24) is 4.90 Å². The van der Waals surface area contributed by atoms with Crippen molar-refractivity contribution in [2.45, 2.75) is 29.6 Å². The maximum Gasteiger partial charge on any atom is 0.325 e. The smallest absolute Gasteiger partial charge is 0.325 e. The lowest BCUT2D eigenvalue weighted by atomic mass is 9.65. The number of hydrogen-bond acceptors (Lipinski definition) is 8. The van der Waals surface area contributed by atoms with Crippen molar-refractivity contribution in [2.24, 2.45) is 5.92 Å². The predicted octanol–water partition coefficient (Wildman–Crippen LogP) is 5.06. The molecule has 7 rings (SSSR count). The molecule has 3 heterocycles. The highest BCUT2D eigenvalue weighted by atomic mass is 16.6. The zero-order valence-electron chi connectivity index (χ0n) is 25.5. The van der Waals surface area contributed by atoms with Gasteiger partial charge in [-0.25, -0.2) is 0 Å². The maximum absolute atomic E-state index is 14.8. The number of fused-ring (bicyclic) bond motifs is 3. The summed E-state index contributed by atoms with van der Waals surface area (Å²) in [6.07, 6.45) is 0.669. The van der Waals surface area contributed by atoms with Gasteiger partial charge in [0, 0.05) is 11.3 Å². The summed E-state index contributed by atoms with van der Waals surface area (Å²) in [4.78, 5) is 45.7. The summed E-state index contributed by atoms with van der Waals surface area (Å²) < 4.78 is 18.1. The predicted molar refractivity (Wildman–Crippen MR) is 173 cm³/mol. The monoisotopic (exact) mass is 630 g/mol. The van der Waals surface area contributed by atoms with E-state index in [4.69, 9.17) is 14.2 Å². The van der Waals surface area contributed by atoms with Crippen molar-refractivity contribution in [1.29, 1.82) is 0 Å². The summed E-state index contributed by atoms with van der Waals surface area (Å²) in [5, 5.41) is 12.7. The van der Waals surface area contributed by atoms with E-state index in [1.165, 1.54) is 6.08 Å². The molecular weight excluding hydrogens is 596 g/mol. The van der Waals surface area contributed by atoms with E-state index >= 15 is 0 Å². The van der Waals surface area contributed by atoms with Gasteiger partial charge in [-0.1, -0.05) is 110 Å². The number of para-hydroxylation sites is 2. The Morgan fingerprint density at radius 3 is 2.28 bits per heavy atom. The summed E-state index contributed by atoms with van der Waals surface area (Å²) in [5.74, 6) is -2.68. The van der Waals surface area contributed by atoms with Gasteiger partial charge in [-0.05, 0) is 28.8 Å². The number of aliphatic hydroxyl groups is 1. The van der Waals surface area contributed by atoms with Crippen molar-refractivity contribution in [3.8, 4) is 5.75 Å². The molecule has 3 aliphatic heterocycles. The Kier molecular flexibility index (Phi) is 8.09. The van der Waals surface area contributed by atoms with Gasteiger partial charge in [0.05, 0.1) is 18.7 Å². The molecule has 9 heteroatoms. The zero-order chi connectivity index (χ0) is 32.5. The number of cyclic esters (lactones) is 1. The third-order valence-electron chi connectivity index (χ3n) is 9.38. The van der Waals surface area contributed by atoms with Gasteiger partial charge in [-0.3, -0.25) is 19.3 Å². The molecule has 4 aromatic carbocycles. The van der Waals surface area contributed by atoms with Gasteiger partial charge in [-0.2, -0.15) is 0 Å². The molecule has 3 aliphatic rings. The zero-order valence-corrected chi connectivity index (χ0v) is 25.5. The average molecular weight is 631 g/mol. The Balaban J connectivity index is 1.57. The van der Waals surface area contributed by atoms with Crippen LogP contribution >= 0.6 is 0 Å². The SMILES string of the molecule is C=CCOC(=O)[C@H]1[C@@H]2C(=O)O[C@@H](c3ccccc3)[C@@H](c3ccccc3)N2[C@@H](c2ccccc2OCCO)[C@]12C(=O)Nc1ccccc12. The molecule has 9 nitrogen and oxygen atoms in total. The molecule has 4 aromatic rings. The quantitative estimate of drug-likeness (QED) is 0.195. The van der Waals surface area contributed by atoms with Crippen molar-refractivity contribution >= 4 is 23.5 Å². The lowest BCUT2D eigenvalue weighted by Gasteiger charge is -2.46. The molecule has 2 N–H and O–H groups in total. The number of rotatable bonds is 9. The number of benzene rings is 4. The van der Waals surface area contributed by atoms with E-state index < -0.39 is 53.4 Å². The number of nitrogens with one attached hydrogen (secondary N) is 1. The Bertz CT molecular complexity index is 1810. The van der Waals surface area contributed by atoms with E-state index in [-0.39, 0.29) is 19.8 Å². The van der Waals surface area contributed by atoms with E-state index in [0.29, 0.717) is 22.6 Å². The first kappa shape index (κ1) is 30.4. The number of aliphatic hydroxyl groups excluding tert-OH is 1. The highest BCUT2D eigenvalue weighted by Crippen LogP contribution is 2.65. The molecule has 2 saturated heterocycles. The van der Waals surface area contributed by atoms with Crippen LogP contribution in [0.15, 0.2) is 122 Å². The molecule has 0 saturated carbocycles. The van der Waals surface area contributed by atoms with Gasteiger partial charge in [0.2, 0.25) is 5.91 Å². The van der Waals surface area contributed by atoms with Gasteiger partial charge in [0.1, 0.15) is 42.4 Å².